The average molecular weight is 229 g/mol. The van der Waals surface area contributed by atoms with Crippen LogP contribution in [0, 0.1) is 0 Å². The lowest BCUT2D eigenvalue weighted by atomic mass is 10.2. The minimum Gasteiger partial charge on any atom is -0.379 e. The maximum atomic E-state index is 5.32. The van der Waals surface area contributed by atoms with E-state index >= 15 is 0 Å². The molecule has 0 saturated carbocycles. The van der Waals surface area contributed by atoms with Crippen LogP contribution in [0.2, 0.25) is 0 Å². The Kier molecular flexibility index (Phi) is 5.73. The van der Waals surface area contributed by atoms with Crippen LogP contribution in [-0.4, -0.2) is 50.0 Å². The maximum Gasteiger partial charge on any atom is 0.134 e. The van der Waals surface area contributed by atoms with Gasteiger partial charge in [0, 0.05) is 32.0 Å². The number of rotatable bonds is 6. The molecule has 0 aliphatic carbocycles. The van der Waals surface area contributed by atoms with Gasteiger partial charge in [0.1, 0.15) is 12.7 Å². The van der Waals surface area contributed by atoms with Crippen LogP contribution in [0.4, 0.5) is 0 Å². The van der Waals surface area contributed by atoms with Gasteiger partial charge in [0.15, 0.2) is 0 Å². The number of methoxy groups -OCH3 is 1. The molecule has 3 heteroatoms. The van der Waals surface area contributed by atoms with Crippen molar-refractivity contribution in [3.05, 3.63) is 0 Å². The first-order valence-corrected chi connectivity index (χ1v) is 6.65. The molecule has 0 aromatic heterocycles. The van der Waals surface area contributed by atoms with Crippen LogP contribution in [0.5, 0.6) is 0 Å². The molecule has 1 fully saturated rings. The summed E-state index contributed by atoms with van der Waals surface area (Å²) < 4.78 is 5.32. The lowest BCUT2D eigenvalue weighted by molar-refractivity contribution is -0.923. The Hall–Kier alpha value is -0.120. The summed E-state index contributed by atoms with van der Waals surface area (Å²) in [6.45, 7) is 12.6. The Balaban J connectivity index is 2.50. The third kappa shape index (κ3) is 3.72. The molecule has 0 spiro atoms. The maximum absolute atomic E-state index is 5.32. The first kappa shape index (κ1) is 13.9. The van der Waals surface area contributed by atoms with Gasteiger partial charge in [-0.25, -0.2) is 0 Å². The molecule has 0 bridgehead atoms. The van der Waals surface area contributed by atoms with Crippen LogP contribution in [0.3, 0.4) is 0 Å². The van der Waals surface area contributed by atoms with Gasteiger partial charge in [-0.05, 0) is 27.7 Å². The van der Waals surface area contributed by atoms with Gasteiger partial charge in [-0.3, -0.25) is 4.90 Å². The predicted molar refractivity (Wildman–Crippen MR) is 67.7 cm³/mol. The van der Waals surface area contributed by atoms with E-state index in [1.54, 1.807) is 4.90 Å². The number of hydrogen-bond acceptors (Lipinski definition) is 2. The van der Waals surface area contributed by atoms with Crippen molar-refractivity contribution in [1.82, 2.24) is 4.90 Å². The fourth-order valence-electron chi connectivity index (χ4n) is 2.79. The molecular formula is C13H29N2O+. The highest BCUT2D eigenvalue weighted by Crippen LogP contribution is 2.05. The fraction of sp³-hybridized carbons (Fsp3) is 1.00. The highest BCUT2D eigenvalue weighted by molar-refractivity contribution is 4.66. The number of ether oxygens (including phenoxy) is 1. The predicted octanol–water partition coefficient (Wildman–Crippen LogP) is 0.756. The van der Waals surface area contributed by atoms with Crippen molar-refractivity contribution >= 4 is 0 Å². The molecule has 16 heavy (non-hydrogen) atoms. The third-order valence-electron chi connectivity index (χ3n) is 3.71. The van der Waals surface area contributed by atoms with Crippen LogP contribution in [-0.2, 0) is 4.74 Å². The summed E-state index contributed by atoms with van der Waals surface area (Å²) in [5.41, 5.74) is 0. The van der Waals surface area contributed by atoms with Gasteiger partial charge in [-0.2, -0.15) is 0 Å². The first-order valence-electron chi connectivity index (χ1n) is 6.65. The highest BCUT2D eigenvalue weighted by Gasteiger charge is 2.31. The van der Waals surface area contributed by atoms with Gasteiger partial charge in [-0.1, -0.05) is 0 Å². The summed E-state index contributed by atoms with van der Waals surface area (Å²) in [4.78, 5) is 4.30. The van der Waals surface area contributed by atoms with E-state index in [1.807, 2.05) is 7.11 Å². The minimum absolute atomic E-state index is 0.635. The zero-order chi connectivity index (χ0) is 12.1. The van der Waals surface area contributed by atoms with Crippen LogP contribution >= 0.6 is 0 Å². The molecule has 1 saturated heterocycles. The van der Waals surface area contributed by atoms with Crippen molar-refractivity contribution in [2.45, 2.75) is 58.7 Å². The van der Waals surface area contributed by atoms with E-state index in [-0.39, 0.29) is 0 Å². The van der Waals surface area contributed by atoms with Crippen molar-refractivity contribution in [3.8, 4) is 0 Å². The van der Waals surface area contributed by atoms with Gasteiger partial charge in [0.2, 0.25) is 0 Å². The standard InChI is InChI=1S/C13H28N2O/c1-11(2)15(12(3)4)10-14-8-6-7-13(14)9-16-5/h11-13H,6-10H2,1-5H3/p+1/t13-/m1/s1. The summed E-state index contributed by atoms with van der Waals surface area (Å²) in [6, 6.07) is 1.98. The van der Waals surface area contributed by atoms with Crippen molar-refractivity contribution < 1.29 is 9.64 Å². The molecule has 96 valence electrons. The largest absolute Gasteiger partial charge is 0.379 e. The van der Waals surface area contributed by atoms with E-state index in [0.29, 0.717) is 18.1 Å². The normalized spacial score (nSPS) is 26.2. The third-order valence-corrected chi connectivity index (χ3v) is 3.71. The minimum atomic E-state index is 0.635. The summed E-state index contributed by atoms with van der Waals surface area (Å²) in [6.07, 6.45) is 2.68. The van der Waals surface area contributed by atoms with E-state index in [0.717, 1.165) is 6.61 Å². The molecule has 0 aromatic rings. The molecule has 1 aliphatic rings. The summed E-state index contributed by atoms with van der Waals surface area (Å²) in [7, 11) is 1.82. The van der Waals surface area contributed by atoms with Crippen molar-refractivity contribution in [2.75, 3.05) is 26.9 Å². The SMILES string of the molecule is COC[C@H]1CCC[NH+]1CN(C(C)C)C(C)C. The Labute approximate surface area is 101 Å². The number of nitrogens with one attached hydrogen (secondary N) is 1. The number of hydrogen-bond donors (Lipinski definition) is 1. The smallest absolute Gasteiger partial charge is 0.134 e. The number of quaternary nitrogens is 1. The molecule has 1 N–H and O–H groups in total. The van der Waals surface area contributed by atoms with Crippen LogP contribution in [0.25, 0.3) is 0 Å². The van der Waals surface area contributed by atoms with Gasteiger partial charge < -0.3 is 9.64 Å². The average Bonchev–Trinajstić information content (AvgIpc) is 2.61. The van der Waals surface area contributed by atoms with Crippen LogP contribution in [0.1, 0.15) is 40.5 Å². The van der Waals surface area contributed by atoms with Crippen molar-refractivity contribution in [3.63, 3.8) is 0 Å². The quantitative estimate of drug-likeness (QED) is 0.724. The van der Waals surface area contributed by atoms with Gasteiger partial charge in [0.25, 0.3) is 0 Å². The van der Waals surface area contributed by atoms with Crippen LogP contribution in [0.15, 0.2) is 0 Å². The molecule has 2 atom stereocenters. The lowest BCUT2D eigenvalue weighted by Gasteiger charge is -2.34. The fourth-order valence-corrected chi connectivity index (χ4v) is 2.79. The molecule has 1 rings (SSSR count). The second kappa shape index (κ2) is 6.58. The molecule has 1 heterocycles. The van der Waals surface area contributed by atoms with Gasteiger partial charge >= 0.3 is 0 Å². The zero-order valence-electron chi connectivity index (χ0n) is 11.6. The molecule has 0 aromatic carbocycles. The van der Waals surface area contributed by atoms with E-state index in [9.17, 15) is 0 Å². The Morgan fingerprint density at radius 3 is 2.38 bits per heavy atom. The Morgan fingerprint density at radius 1 is 1.25 bits per heavy atom. The van der Waals surface area contributed by atoms with E-state index < -0.39 is 0 Å². The van der Waals surface area contributed by atoms with E-state index in [4.69, 9.17) is 4.74 Å². The first-order chi connectivity index (χ1) is 7.56. The summed E-state index contributed by atoms with van der Waals surface area (Å²) in [5.74, 6) is 0. The van der Waals surface area contributed by atoms with Gasteiger partial charge in [0.05, 0.1) is 13.2 Å². The Bertz CT molecular complexity index is 186. The van der Waals surface area contributed by atoms with Crippen molar-refractivity contribution in [1.29, 1.82) is 0 Å². The summed E-state index contributed by atoms with van der Waals surface area (Å²) >= 11 is 0. The van der Waals surface area contributed by atoms with Crippen LogP contribution < -0.4 is 4.90 Å². The second-order valence-electron chi connectivity index (χ2n) is 5.56. The van der Waals surface area contributed by atoms with Gasteiger partial charge in [-0.15, -0.1) is 0 Å². The molecular weight excluding hydrogens is 200 g/mol. The molecule has 1 aliphatic heterocycles. The zero-order valence-corrected chi connectivity index (χ0v) is 11.6. The molecule has 0 amide bonds. The number of nitrogens with zero attached hydrogens (tertiary/aromatic N) is 1. The molecule has 0 radical (unpaired) electrons. The second-order valence-corrected chi connectivity index (χ2v) is 5.56. The summed E-state index contributed by atoms with van der Waals surface area (Å²) in [5, 5.41) is 0. The van der Waals surface area contributed by atoms with E-state index in [1.165, 1.54) is 26.1 Å². The number of likely N-dealkylation sites (tertiary alicyclic amines) is 1. The van der Waals surface area contributed by atoms with E-state index in [2.05, 4.69) is 32.6 Å². The van der Waals surface area contributed by atoms with Crippen molar-refractivity contribution in [2.24, 2.45) is 0 Å². The Morgan fingerprint density at radius 2 is 1.88 bits per heavy atom. The molecule has 3 nitrogen and oxygen atoms in total. The highest BCUT2D eigenvalue weighted by atomic mass is 16.5. The monoisotopic (exact) mass is 229 g/mol. The topological polar surface area (TPSA) is 16.9 Å². The molecule has 1 unspecified atom stereocenters. The lowest BCUT2D eigenvalue weighted by Crippen LogP contribution is -3.15.